The summed E-state index contributed by atoms with van der Waals surface area (Å²) in [6.07, 6.45) is 1.71. The molecule has 0 aliphatic rings. The molecule has 0 atom stereocenters. The predicted molar refractivity (Wildman–Crippen MR) is 43.4 cm³/mol. The van der Waals surface area contributed by atoms with Crippen LogP contribution in [-0.2, 0) is 0 Å². The molecule has 0 aromatic rings. The van der Waals surface area contributed by atoms with Gasteiger partial charge in [-0.05, 0) is 23.3 Å². The zero-order valence-corrected chi connectivity index (χ0v) is 8.01. The molecule has 0 fully saturated rings. The molecule has 0 saturated carbocycles. The van der Waals surface area contributed by atoms with Crippen molar-refractivity contribution in [2.24, 2.45) is 0 Å². The molecule has 0 amide bonds. The Morgan fingerprint density at radius 3 is 1.31 bits per heavy atom. The van der Waals surface area contributed by atoms with Crippen LogP contribution in [0, 0.1) is 0 Å². The van der Waals surface area contributed by atoms with Crippen LogP contribution in [0.2, 0.25) is 0 Å². The second kappa shape index (κ2) is 5.48. The van der Waals surface area contributed by atoms with Crippen LogP contribution in [-0.4, -0.2) is 36.9 Å². The zero-order chi connectivity index (χ0) is 10.5. The van der Waals surface area contributed by atoms with Gasteiger partial charge in [-0.25, -0.2) is 0 Å². The van der Waals surface area contributed by atoms with Gasteiger partial charge in [-0.2, -0.15) is 0 Å². The monoisotopic (exact) mass is 194 g/mol. The van der Waals surface area contributed by atoms with Gasteiger partial charge in [0.05, 0.1) is 0 Å². The molecule has 0 unspecified atom stereocenters. The topological polar surface area (TPSA) is 87.4 Å². The van der Waals surface area contributed by atoms with E-state index in [1.165, 1.54) is 0 Å². The largest absolute Gasteiger partial charge is 0.288 e. The zero-order valence-electron chi connectivity index (χ0n) is 8.01. The fourth-order valence-corrected chi connectivity index (χ4v) is 1.41. The minimum absolute atomic E-state index is 0.139. The lowest BCUT2D eigenvalue weighted by Gasteiger charge is -2.37. The molecule has 13 heavy (non-hydrogen) atoms. The first kappa shape index (κ1) is 12.8. The molecule has 0 aromatic carbocycles. The molecule has 0 spiro atoms. The van der Waals surface area contributed by atoms with Gasteiger partial charge in [-0.1, -0.05) is 26.7 Å². The number of hydrogen-bond donors (Lipinski definition) is 4. The molecule has 6 heteroatoms. The maximum Gasteiger partial charge on any atom is 0.174 e. The third-order valence-electron chi connectivity index (χ3n) is 2.05. The lowest BCUT2D eigenvalue weighted by Crippen LogP contribution is -2.56. The van der Waals surface area contributed by atoms with Crippen LogP contribution in [0.25, 0.3) is 0 Å². The fraction of sp³-hybridized carbons (Fsp3) is 1.00. The summed E-state index contributed by atoms with van der Waals surface area (Å²) in [6, 6.07) is 0. The van der Waals surface area contributed by atoms with Crippen LogP contribution in [0.15, 0.2) is 0 Å². The summed E-state index contributed by atoms with van der Waals surface area (Å²) >= 11 is 0. The van der Waals surface area contributed by atoms with Crippen LogP contribution in [0.5, 0.6) is 0 Å². The van der Waals surface area contributed by atoms with Gasteiger partial charge >= 0.3 is 0 Å². The highest BCUT2D eigenvalue weighted by atomic mass is 16.8. The molecular formula is C7H18N2O4. The van der Waals surface area contributed by atoms with Gasteiger partial charge in [0.25, 0.3) is 0 Å². The smallest absolute Gasteiger partial charge is 0.174 e. The molecule has 6 nitrogen and oxygen atoms in total. The van der Waals surface area contributed by atoms with Crippen LogP contribution in [0.1, 0.15) is 39.5 Å². The number of hydroxylamine groups is 4. The lowest BCUT2D eigenvalue weighted by atomic mass is 10.00. The van der Waals surface area contributed by atoms with Crippen LogP contribution >= 0.6 is 0 Å². The summed E-state index contributed by atoms with van der Waals surface area (Å²) in [5, 5.41) is 35.4. The van der Waals surface area contributed by atoms with Crippen molar-refractivity contribution in [2.45, 2.75) is 45.2 Å². The SMILES string of the molecule is CCCC(CCC)(N(O)O)N(O)O. The summed E-state index contributed by atoms with van der Waals surface area (Å²) in [5.41, 5.74) is -1.51. The van der Waals surface area contributed by atoms with Gasteiger partial charge in [-0.15, -0.1) is 0 Å². The lowest BCUT2D eigenvalue weighted by molar-refractivity contribution is -0.491. The Labute approximate surface area is 77.4 Å². The average Bonchev–Trinajstić information content (AvgIpc) is 2.03. The minimum atomic E-state index is -1.51. The first-order valence-electron chi connectivity index (χ1n) is 4.37. The Morgan fingerprint density at radius 2 is 1.15 bits per heavy atom. The van der Waals surface area contributed by atoms with Crippen molar-refractivity contribution in [3.05, 3.63) is 0 Å². The third kappa shape index (κ3) is 2.87. The summed E-state index contributed by atoms with van der Waals surface area (Å²) in [6.45, 7) is 3.63. The second-order valence-corrected chi connectivity index (χ2v) is 3.06. The Kier molecular flexibility index (Phi) is 5.38. The minimum Gasteiger partial charge on any atom is -0.288 e. The van der Waals surface area contributed by atoms with E-state index in [9.17, 15) is 0 Å². The number of nitrogens with zero attached hydrogens (tertiary/aromatic N) is 2. The highest BCUT2D eigenvalue weighted by molar-refractivity contribution is 4.75. The van der Waals surface area contributed by atoms with Crippen LogP contribution in [0.3, 0.4) is 0 Å². The Morgan fingerprint density at radius 1 is 0.846 bits per heavy atom. The Bertz CT molecular complexity index is 124. The van der Waals surface area contributed by atoms with Crippen molar-refractivity contribution < 1.29 is 20.8 Å². The highest BCUT2D eigenvalue weighted by Gasteiger charge is 2.40. The van der Waals surface area contributed by atoms with Gasteiger partial charge in [0.1, 0.15) is 0 Å². The standard InChI is InChI=1S/C7H18N2O4/c1-3-5-7(6-4-2,8(10)11)9(12)13/h10-13H,3-6H2,1-2H3. The molecule has 0 radical (unpaired) electrons. The molecule has 0 saturated heterocycles. The molecule has 4 N–H and O–H groups in total. The van der Waals surface area contributed by atoms with Crippen molar-refractivity contribution in [1.29, 1.82) is 0 Å². The van der Waals surface area contributed by atoms with Crippen LogP contribution < -0.4 is 0 Å². The molecule has 80 valence electrons. The van der Waals surface area contributed by atoms with E-state index in [-0.39, 0.29) is 23.3 Å². The van der Waals surface area contributed by atoms with E-state index >= 15 is 0 Å². The predicted octanol–water partition coefficient (Wildman–Crippen LogP) is 1.44. The fourth-order valence-electron chi connectivity index (χ4n) is 1.41. The van der Waals surface area contributed by atoms with Crippen molar-refractivity contribution in [2.75, 3.05) is 0 Å². The second-order valence-electron chi connectivity index (χ2n) is 3.06. The molecule has 0 rings (SSSR count). The molecule has 0 aliphatic heterocycles. The summed E-state index contributed by atoms with van der Waals surface area (Å²) in [7, 11) is 0. The van der Waals surface area contributed by atoms with E-state index < -0.39 is 5.66 Å². The van der Waals surface area contributed by atoms with Gasteiger partial charge in [0.15, 0.2) is 5.66 Å². The third-order valence-corrected chi connectivity index (χ3v) is 2.05. The van der Waals surface area contributed by atoms with E-state index in [0.717, 1.165) is 0 Å². The molecule has 0 bridgehead atoms. The van der Waals surface area contributed by atoms with E-state index in [1.54, 1.807) is 0 Å². The summed E-state index contributed by atoms with van der Waals surface area (Å²) in [5.74, 6) is 0. The van der Waals surface area contributed by atoms with E-state index in [0.29, 0.717) is 12.8 Å². The molecule has 0 aromatic heterocycles. The van der Waals surface area contributed by atoms with Gasteiger partial charge < -0.3 is 0 Å². The van der Waals surface area contributed by atoms with Crippen molar-refractivity contribution in [3.8, 4) is 0 Å². The molecule has 0 heterocycles. The van der Waals surface area contributed by atoms with E-state index in [2.05, 4.69) is 0 Å². The van der Waals surface area contributed by atoms with Crippen LogP contribution in [0.4, 0.5) is 0 Å². The van der Waals surface area contributed by atoms with Gasteiger partial charge in [0, 0.05) is 0 Å². The summed E-state index contributed by atoms with van der Waals surface area (Å²) < 4.78 is 0. The number of hydrogen-bond acceptors (Lipinski definition) is 6. The van der Waals surface area contributed by atoms with Crippen molar-refractivity contribution >= 4 is 0 Å². The molecular weight excluding hydrogens is 176 g/mol. The normalized spacial score (nSPS) is 12.9. The molecule has 0 aliphatic carbocycles. The highest BCUT2D eigenvalue weighted by Crippen LogP contribution is 2.26. The maximum absolute atomic E-state index is 8.92. The Balaban J connectivity index is 4.59. The number of rotatable bonds is 6. The van der Waals surface area contributed by atoms with Crippen molar-refractivity contribution in [3.63, 3.8) is 0 Å². The van der Waals surface area contributed by atoms with E-state index in [1.807, 2.05) is 13.8 Å². The first-order valence-corrected chi connectivity index (χ1v) is 4.37. The Hall–Kier alpha value is -0.240. The van der Waals surface area contributed by atoms with E-state index in [4.69, 9.17) is 20.8 Å². The average molecular weight is 194 g/mol. The van der Waals surface area contributed by atoms with Crippen molar-refractivity contribution in [1.82, 2.24) is 10.5 Å². The van der Waals surface area contributed by atoms with Gasteiger partial charge in [-0.3, -0.25) is 20.8 Å². The van der Waals surface area contributed by atoms with Gasteiger partial charge in [0.2, 0.25) is 0 Å². The quantitative estimate of drug-likeness (QED) is 0.378. The summed E-state index contributed by atoms with van der Waals surface area (Å²) in [4.78, 5) is 0. The first-order chi connectivity index (χ1) is 6.01. The maximum atomic E-state index is 8.92.